The summed E-state index contributed by atoms with van der Waals surface area (Å²) in [7, 11) is 0. The summed E-state index contributed by atoms with van der Waals surface area (Å²) in [6, 6.07) is 3.96. The molecule has 0 aromatic carbocycles. The first-order chi connectivity index (χ1) is 9.22. The molecule has 3 rings (SSSR count). The van der Waals surface area contributed by atoms with Gasteiger partial charge in [0.05, 0.1) is 25.5 Å². The van der Waals surface area contributed by atoms with E-state index in [1.54, 1.807) is 18.4 Å². The third kappa shape index (κ3) is 2.69. The third-order valence-corrected chi connectivity index (χ3v) is 3.27. The molecule has 6 nitrogen and oxygen atoms in total. The van der Waals surface area contributed by atoms with Gasteiger partial charge in [0.1, 0.15) is 0 Å². The maximum atomic E-state index is 5.62. The van der Waals surface area contributed by atoms with Crippen molar-refractivity contribution in [3.05, 3.63) is 24.3 Å². The summed E-state index contributed by atoms with van der Waals surface area (Å²) < 4.78 is 16.4. The number of furan rings is 1. The van der Waals surface area contributed by atoms with Crippen LogP contribution in [0.1, 0.15) is 19.7 Å². The predicted molar refractivity (Wildman–Crippen MR) is 67.3 cm³/mol. The highest BCUT2D eigenvalue weighted by Crippen LogP contribution is 2.20. The van der Waals surface area contributed by atoms with Crippen LogP contribution in [-0.4, -0.2) is 40.4 Å². The first kappa shape index (κ1) is 12.4. The quantitative estimate of drug-likeness (QED) is 0.843. The molecule has 0 N–H and O–H groups in total. The Kier molecular flexibility index (Phi) is 3.35. The van der Waals surface area contributed by atoms with Gasteiger partial charge in [0.15, 0.2) is 5.76 Å². The highest BCUT2D eigenvalue weighted by molar-refractivity contribution is 5.42. The molecule has 0 aliphatic carbocycles. The fourth-order valence-electron chi connectivity index (χ4n) is 2.18. The van der Waals surface area contributed by atoms with Crippen molar-refractivity contribution in [3.63, 3.8) is 0 Å². The molecule has 2 aromatic rings. The summed E-state index contributed by atoms with van der Waals surface area (Å²) in [6.07, 6.45) is 1.83. The van der Waals surface area contributed by atoms with Gasteiger partial charge < -0.3 is 13.6 Å². The Hall–Kier alpha value is -1.66. The van der Waals surface area contributed by atoms with E-state index in [2.05, 4.69) is 28.9 Å². The van der Waals surface area contributed by atoms with E-state index in [0.717, 1.165) is 13.2 Å². The van der Waals surface area contributed by atoms with Crippen molar-refractivity contribution in [1.82, 2.24) is 15.1 Å². The zero-order valence-corrected chi connectivity index (χ0v) is 11.1. The molecule has 1 aliphatic rings. The average molecular weight is 263 g/mol. The van der Waals surface area contributed by atoms with Crippen molar-refractivity contribution < 1.29 is 13.6 Å². The standard InChI is InChI=1S/C13H17N3O3/c1-9-8-18-10(2)6-16(9)7-12-14-15-13(19-12)11-4-3-5-17-11/h3-5,9-10H,6-8H2,1-2H3/t9-,10-/m1/s1. The van der Waals surface area contributed by atoms with Crippen LogP contribution in [0.15, 0.2) is 27.2 Å². The monoisotopic (exact) mass is 263 g/mol. The lowest BCUT2D eigenvalue weighted by molar-refractivity contribution is -0.0550. The summed E-state index contributed by atoms with van der Waals surface area (Å²) >= 11 is 0. The fraction of sp³-hybridized carbons (Fsp3) is 0.538. The molecular weight excluding hydrogens is 246 g/mol. The first-order valence-electron chi connectivity index (χ1n) is 6.44. The number of rotatable bonds is 3. The van der Waals surface area contributed by atoms with Crippen molar-refractivity contribution >= 4 is 0 Å². The minimum atomic E-state index is 0.240. The van der Waals surface area contributed by atoms with Crippen LogP contribution in [0.3, 0.4) is 0 Å². The largest absolute Gasteiger partial charge is 0.459 e. The minimum absolute atomic E-state index is 0.240. The molecular formula is C13H17N3O3. The molecule has 1 saturated heterocycles. The number of hydrogen-bond acceptors (Lipinski definition) is 6. The molecule has 0 unspecified atom stereocenters. The summed E-state index contributed by atoms with van der Waals surface area (Å²) in [4.78, 5) is 2.29. The molecule has 3 heterocycles. The Bertz CT molecular complexity index is 523. The number of hydrogen-bond donors (Lipinski definition) is 0. The van der Waals surface area contributed by atoms with Gasteiger partial charge >= 0.3 is 0 Å². The van der Waals surface area contributed by atoms with Gasteiger partial charge in [-0.2, -0.15) is 0 Å². The molecule has 0 spiro atoms. The van der Waals surface area contributed by atoms with E-state index in [-0.39, 0.29) is 6.10 Å². The second kappa shape index (κ2) is 5.14. The van der Waals surface area contributed by atoms with Crippen LogP contribution in [0.2, 0.25) is 0 Å². The number of nitrogens with zero attached hydrogens (tertiary/aromatic N) is 3. The molecule has 0 radical (unpaired) electrons. The Labute approximate surface area is 111 Å². The first-order valence-corrected chi connectivity index (χ1v) is 6.44. The number of morpholine rings is 1. The maximum absolute atomic E-state index is 5.62. The Morgan fingerprint density at radius 2 is 2.26 bits per heavy atom. The lowest BCUT2D eigenvalue weighted by Gasteiger charge is -2.35. The summed E-state index contributed by atoms with van der Waals surface area (Å²) in [6.45, 7) is 6.46. The average Bonchev–Trinajstić information content (AvgIpc) is 3.04. The van der Waals surface area contributed by atoms with Crippen LogP contribution in [-0.2, 0) is 11.3 Å². The molecule has 2 atom stereocenters. The highest BCUT2D eigenvalue weighted by Gasteiger charge is 2.25. The molecule has 0 bridgehead atoms. The van der Waals surface area contributed by atoms with Gasteiger partial charge in [0.25, 0.3) is 5.89 Å². The number of ether oxygens (including phenoxy) is 1. The van der Waals surface area contributed by atoms with Crippen LogP contribution in [0.4, 0.5) is 0 Å². The van der Waals surface area contributed by atoms with Crippen LogP contribution >= 0.6 is 0 Å². The van der Waals surface area contributed by atoms with Crippen molar-refractivity contribution in [1.29, 1.82) is 0 Å². The van der Waals surface area contributed by atoms with E-state index < -0.39 is 0 Å². The molecule has 0 saturated carbocycles. The van der Waals surface area contributed by atoms with Gasteiger partial charge in [0, 0.05) is 12.6 Å². The van der Waals surface area contributed by atoms with E-state index in [1.807, 2.05) is 0 Å². The van der Waals surface area contributed by atoms with Crippen LogP contribution in [0, 0.1) is 0 Å². The second-order valence-corrected chi connectivity index (χ2v) is 4.90. The topological polar surface area (TPSA) is 64.5 Å². The van der Waals surface area contributed by atoms with E-state index in [0.29, 0.717) is 30.1 Å². The summed E-state index contributed by atoms with van der Waals surface area (Å²) in [5.74, 6) is 1.63. The van der Waals surface area contributed by atoms with Crippen molar-refractivity contribution in [2.75, 3.05) is 13.2 Å². The molecule has 6 heteroatoms. The maximum Gasteiger partial charge on any atom is 0.283 e. The Morgan fingerprint density at radius 1 is 1.37 bits per heavy atom. The van der Waals surface area contributed by atoms with Crippen LogP contribution in [0.25, 0.3) is 11.7 Å². The predicted octanol–water partition coefficient (Wildman–Crippen LogP) is 1.94. The van der Waals surface area contributed by atoms with Crippen molar-refractivity contribution in [2.24, 2.45) is 0 Å². The van der Waals surface area contributed by atoms with Gasteiger partial charge in [-0.1, -0.05) is 0 Å². The summed E-state index contributed by atoms with van der Waals surface area (Å²) in [5, 5.41) is 8.07. The Balaban J connectivity index is 1.70. The van der Waals surface area contributed by atoms with Crippen LogP contribution in [0.5, 0.6) is 0 Å². The summed E-state index contributed by atoms with van der Waals surface area (Å²) in [5.41, 5.74) is 0. The van der Waals surface area contributed by atoms with E-state index >= 15 is 0 Å². The van der Waals surface area contributed by atoms with E-state index in [9.17, 15) is 0 Å². The van der Waals surface area contributed by atoms with E-state index in [4.69, 9.17) is 13.6 Å². The van der Waals surface area contributed by atoms with Gasteiger partial charge in [-0.3, -0.25) is 4.90 Å². The van der Waals surface area contributed by atoms with Gasteiger partial charge in [0.2, 0.25) is 5.89 Å². The SMILES string of the molecule is C[C@@H]1CN(Cc2nnc(-c3ccco3)o2)[C@H](C)CO1. The van der Waals surface area contributed by atoms with Crippen LogP contribution < -0.4 is 0 Å². The second-order valence-electron chi connectivity index (χ2n) is 4.90. The molecule has 2 aromatic heterocycles. The zero-order chi connectivity index (χ0) is 13.2. The molecule has 19 heavy (non-hydrogen) atoms. The fourth-order valence-corrected chi connectivity index (χ4v) is 2.18. The normalized spacial score (nSPS) is 24.7. The molecule has 1 fully saturated rings. The van der Waals surface area contributed by atoms with E-state index in [1.165, 1.54) is 0 Å². The van der Waals surface area contributed by atoms with Crippen molar-refractivity contribution in [3.8, 4) is 11.7 Å². The minimum Gasteiger partial charge on any atom is -0.459 e. The highest BCUT2D eigenvalue weighted by atomic mass is 16.5. The lowest BCUT2D eigenvalue weighted by atomic mass is 10.2. The smallest absolute Gasteiger partial charge is 0.283 e. The van der Waals surface area contributed by atoms with Gasteiger partial charge in [-0.05, 0) is 26.0 Å². The van der Waals surface area contributed by atoms with Gasteiger partial charge in [-0.25, -0.2) is 0 Å². The molecule has 102 valence electrons. The lowest BCUT2D eigenvalue weighted by Crippen LogP contribution is -2.46. The van der Waals surface area contributed by atoms with Crippen molar-refractivity contribution in [2.45, 2.75) is 32.5 Å². The zero-order valence-electron chi connectivity index (χ0n) is 11.1. The molecule has 1 aliphatic heterocycles. The number of aromatic nitrogens is 2. The Morgan fingerprint density at radius 3 is 3.05 bits per heavy atom. The third-order valence-electron chi connectivity index (χ3n) is 3.27. The molecule has 0 amide bonds. The van der Waals surface area contributed by atoms with Gasteiger partial charge in [-0.15, -0.1) is 10.2 Å².